The summed E-state index contributed by atoms with van der Waals surface area (Å²) in [6.07, 6.45) is 1.96. The number of hydrogen-bond acceptors (Lipinski definition) is 4. The summed E-state index contributed by atoms with van der Waals surface area (Å²) in [6.45, 7) is 7.40. The number of ether oxygens (including phenoxy) is 1. The molecule has 152 valence electrons. The molecule has 0 spiro atoms. The van der Waals surface area contributed by atoms with E-state index in [9.17, 15) is 4.79 Å². The number of carbonyl (C=O) groups excluding carboxylic acids is 1. The number of nitrogens with zero attached hydrogens (tertiary/aromatic N) is 4. The summed E-state index contributed by atoms with van der Waals surface area (Å²) < 4.78 is 7.85. The third kappa shape index (κ3) is 4.54. The van der Waals surface area contributed by atoms with Crippen molar-refractivity contribution in [2.24, 2.45) is 0 Å². The van der Waals surface area contributed by atoms with Crippen LogP contribution in [0, 0.1) is 0 Å². The van der Waals surface area contributed by atoms with Crippen molar-refractivity contribution in [3.05, 3.63) is 65.4 Å². The summed E-state index contributed by atoms with van der Waals surface area (Å²) in [5.74, 6) is 0.637. The van der Waals surface area contributed by atoms with Crippen LogP contribution < -0.4 is 4.74 Å². The van der Waals surface area contributed by atoms with Crippen molar-refractivity contribution in [2.75, 3.05) is 26.2 Å². The van der Waals surface area contributed by atoms with E-state index in [1.807, 2.05) is 41.6 Å². The summed E-state index contributed by atoms with van der Waals surface area (Å²) >= 11 is 5.92. The minimum absolute atomic E-state index is 0.000157. The van der Waals surface area contributed by atoms with Gasteiger partial charge in [0.1, 0.15) is 5.75 Å². The summed E-state index contributed by atoms with van der Waals surface area (Å²) in [5, 5.41) is 5.26. The molecule has 6 nitrogen and oxygen atoms in total. The first kappa shape index (κ1) is 19.7. The topological polar surface area (TPSA) is 50.1 Å². The van der Waals surface area contributed by atoms with Gasteiger partial charge in [-0.25, -0.2) is 4.52 Å². The molecule has 29 heavy (non-hydrogen) atoms. The fraction of sp³-hybridized carbons (Fsp3) is 0.364. The second-order valence-electron chi connectivity index (χ2n) is 7.84. The Kier molecular flexibility index (Phi) is 5.48. The van der Waals surface area contributed by atoms with E-state index >= 15 is 0 Å². The van der Waals surface area contributed by atoms with E-state index in [-0.39, 0.29) is 5.91 Å². The lowest BCUT2D eigenvalue weighted by atomic mass is 10.1. The van der Waals surface area contributed by atoms with Crippen molar-refractivity contribution < 1.29 is 9.53 Å². The standard InChI is InChI=1S/C22H25ClN4O2/c1-22(2,29-20-8-6-17(23)7-9-20)21(28)26-13-11-25(12-14-26)16-18-15-19-5-3-4-10-27(19)24-18/h3-10,15H,11-14,16H2,1-2H3. The number of pyridine rings is 1. The molecular weight excluding hydrogens is 388 g/mol. The lowest BCUT2D eigenvalue weighted by molar-refractivity contribution is -0.147. The molecule has 1 aromatic carbocycles. The normalized spacial score (nSPS) is 15.6. The second kappa shape index (κ2) is 8.05. The maximum Gasteiger partial charge on any atom is 0.266 e. The van der Waals surface area contributed by atoms with Gasteiger partial charge in [0, 0.05) is 43.9 Å². The van der Waals surface area contributed by atoms with Crippen molar-refractivity contribution in [1.29, 1.82) is 0 Å². The Labute approximate surface area is 175 Å². The van der Waals surface area contributed by atoms with Gasteiger partial charge < -0.3 is 9.64 Å². The van der Waals surface area contributed by atoms with Gasteiger partial charge in [0.25, 0.3) is 5.91 Å². The molecule has 0 atom stereocenters. The van der Waals surface area contributed by atoms with E-state index < -0.39 is 5.60 Å². The molecule has 2 aromatic heterocycles. The largest absolute Gasteiger partial charge is 0.478 e. The Bertz CT molecular complexity index is 958. The second-order valence-corrected chi connectivity index (χ2v) is 8.28. The van der Waals surface area contributed by atoms with E-state index in [1.165, 1.54) is 0 Å². The Morgan fingerprint density at radius 2 is 1.83 bits per heavy atom. The first-order chi connectivity index (χ1) is 13.9. The summed E-state index contributed by atoms with van der Waals surface area (Å²) in [7, 11) is 0. The Morgan fingerprint density at radius 3 is 2.52 bits per heavy atom. The average Bonchev–Trinajstić information content (AvgIpc) is 3.12. The highest BCUT2D eigenvalue weighted by Crippen LogP contribution is 2.23. The van der Waals surface area contributed by atoms with Crippen LogP contribution in [0.1, 0.15) is 19.5 Å². The minimum Gasteiger partial charge on any atom is -0.478 e. The molecule has 0 aliphatic carbocycles. The van der Waals surface area contributed by atoms with Gasteiger partial charge in [0.05, 0.1) is 11.2 Å². The van der Waals surface area contributed by atoms with Crippen LogP contribution in [-0.2, 0) is 11.3 Å². The lowest BCUT2D eigenvalue weighted by Crippen LogP contribution is -2.55. The number of halogens is 1. The van der Waals surface area contributed by atoms with Gasteiger partial charge in [-0.15, -0.1) is 0 Å². The zero-order chi connectivity index (χ0) is 20.4. The molecule has 0 saturated carbocycles. The van der Waals surface area contributed by atoms with Gasteiger partial charge in [-0.2, -0.15) is 5.10 Å². The highest BCUT2D eigenvalue weighted by molar-refractivity contribution is 6.30. The number of rotatable bonds is 5. The molecule has 0 radical (unpaired) electrons. The number of piperazine rings is 1. The summed E-state index contributed by atoms with van der Waals surface area (Å²) in [5.41, 5.74) is 1.21. The van der Waals surface area contributed by atoms with Crippen LogP contribution in [0.3, 0.4) is 0 Å². The first-order valence-electron chi connectivity index (χ1n) is 9.80. The molecule has 1 aliphatic heterocycles. The zero-order valence-corrected chi connectivity index (χ0v) is 17.5. The maximum absolute atomic E-state index is 13.0. The first-order valence-corrected chi connectivity index (χ1v) is 10.2. The van der Waals surface area contributed by atoms with Gasteiger partial charge >= 0.3 is 0 Å². The molecule has 7 heteroatoms. The summed E-state index contributed by atoms with van der Waals surface area (Å²) in [6, 6.07) is 15.2. The Hall–Kier alpha value is -2.57. The van der Waals surface area contributed by atoms with Gasteiger partial charge in [0.2, 0.25) is 0 Å². The van der Waals surface area contributed by atoms with Crippen molar-refractivity contribution in [3.63, 3.8) is 0 Å². The molecule has 1 saturated heterocycles. The number of carbonyl (C=O) groups is 1. The fourth-order valence-corrected chi connectivity index (χ4v) is 3.75. The Morgan fingerprint density at radius 1 is 1.10 bits per heavy atom. The van der Waals surface area contributed by atoms with Crippen molar-refractivity contribution in [1.82, 2.24) is 19.4 Å². The molecule has 0 unspecified atom stereocenters. The number of benzene rings is 1. The fourth-order valence-electron chi connectivity index (χ4n) is 3.63. The van der Waals surface area contributed by atoms with E-state index in [4.69, 9.17) is 16.3 Å². The lowest BCUT2D eigenvalue weighted by Gasteiger charge is -2.38. The summed E-state index contributed by atoms with van der Waals surface area (Å²) in [4.78, 5) is 17.2. The smallest absolute Gasteiger partial charge is 0.266 e. The van der Waals surface area contributed by atoms with Gasteiger partial charge in [-0.1, -0.05) is 17.7 Å². The van der Waals surface area contributed by atoms with Crippen molar-refractivity contribution in [2.45, 2.75) is 26.0 Å². The predicted octanol–water partition coefficient (Wildman–Crippen LogP) is 3.49. The zero-order valence-electron chi connectivity index (χ0n) is 16.7. The quantitative estimate of drug-likeness (QED) is 0.643. The highest BCUT2D eigenvalue weighted by Gasteiger charge is 2.35. The molecule has 4 rings (SSSR count). The SMILES string of the molecule is CC(C)(Oc1ccc(Cl)cc1)C(=O)N1CCN(Cc2cc3ccccn3n2)CC1. The van der Waals surface area contributed by atoms with E-state index in [2.05, 4.69) is 22.1 Å². The number of fused-ring (bicyclic) bond motifs is 1. The molecular formula is C22H25ClN4O2. The maximum atomic E-state index is 13.0. The van der Waals surface area contributed by atoms with Gasteiger partial charge in [0.15, 0.2) is 5.60 Å². The molecule has 3 aromatic rings. The van der Waals surface area contributed by atoms with Gasteiger partial charge in [-0.05, 0) is 56.3 Å². The molecule has 1 amide bonds. The van der Waals surface area contributed by atoms with E-state index in [1.54, 1.807) is 24.3 Å². The third-order valence-electron chi connectivity index (χ3n) is 5.17. The van der Waals surface area contributed by atoms with Crippen LogP contribution in [0.2, 0.25) is 5.02 Å². The number of hydrogen-bond donors (Lipinski definition) is 0. The monoisotopic (exact) mass is 412 g/mol. The molecule has 1 fully saturated rings. The molecule has 0 bridgehead atoms. The Balaban J connectivity index is 1.33. The van der Waals surface area contributed by atoms with Crippen LogP contribution in [-0.4, -0.2) is 57.1 Å². The number of aromatic nitrogens is 2. The van der Waals surface area contributed by atoms with Gasteiger partial charge in [-0.3, -0.25) is 9.69 Å². The van der Waals surface area contributed by atoms with Crippen LogP contribution in [0.25, 0.3) is 5.52 Å². The third-order valence-corrected chi connectivity index (χ3v) is 5.42. The number of amides is 1. The van der Waals surface area contributed by atoms with Crippen molar-refractivity contribution in [3.8, 4) is 5.75 Å². The van der Waals surface area contributed by atoms with E-state index in [0.717, 1.165) is 30.8 Å². The molecule has 3 heterocycles. The van der Waals surface area contributed by atoms with Crippen LogP contribution in [0.15, 0.2) is 54.7 Å². The highest BCUT2D eigenvalue weighted by atomic mass is 35.5. The average molecular weight is 413 g/mol. The molecule has 1 aliphatic rings. The van der Waals surface area contributed by atoms with Crippen molar-refractivity contribution >= 4 is 23.0 Å². The van der Waals surface area contributed by atoms with Crippen LogP contribution in [0.4, 0.5) is 0 Å². The van der Waals surface area contributed by atoms with E-state index in [0.29, 0.717) is 23.9 Å². The van der Waals surface area contributed by atoms with Crippen LogP contribution >= 0.6 is 11.6 Å². The van der Waals surface area contributed by atoms with Crippen LogP contribution in [0.5, 0.6) is 5.75 Å². The minimum atomic E-state index is -0.933. The molecule has 0 N–H and O–H groups in total. The predicted molar refractivity (Wildman–Crippen MR) is 113 cm³/mol.